The maximum atomic E-state index is 4.84. The number of hydrogen-bond acceptors (Lipinski definition) is 2. The van der Waals surface area contributed by atoms with Crippen molar-refractivity contribution in [2.75, 3.05) is 40.3 Å². The Kier molecular flexibility index (Phi) is 11.5. The summed E-state index contributed by atoms with van der Waals surface area (Å²) in [5.74, 6) is 0.992. The highest BCUT2D eigenvalue weighted by molar-refractivity contribution is 14.0. The zero-order valence-corrected chi connectivity index (χ0v) is 16.7. The summed E-state index contributed by atoms with van der Waals surface area (Å²) in [4.78, 5) is 7.05. The van der Waals surface area contributed by atoms with Crippen LogP contribution in [0.2, 0.25) is 0 Å². The van der Waals surface area contributed by atoms with Gasteiger partial charge in [0.05, 0.1) is 0 Å². The maximum Gasteiger partial charge on any atom is 0.191 e. The molecule has 1 aliphatic carbocycles. The summed E-state index contributed by atoms with van der Waals surface area (Å²) < 4.78 is 0. The van der Waals surface area contributed by atoms with Crippen LogP contribution in [0.25, 0.3) is 0 Å². The standard InChI is InChI=1S/C16H34N4.HI/c1-5-16(10-7-8-11-16)14-19-15(17-6-2)18-12-9-13-20(3)4;/h5-14H2,1-4H3,(H2,17,18,19);1H. The molecule has 0 bridgehead atoms. The SMILES string of the molecule is CCNC(=NCC1(CC)CCCC1)NCCCN(C)C.I. The van der Waals surface area contributed by atoms with Crippen molar-refractivity contribution < 1.29 is 0 Å². The van der Waals surface area contributed by atoms with Crippen LogP contribution in [0, 0.1) is 5.41 Å². The summed E-state index contributed by atoms with van der Waals surface area (Å²) in [5.41, 5.74) is 0.478. The minimum atomic E-state index is 0. The normalized spacial score (nSPS) is 17.7. The fourth-order valence-electron chi connectivity index (χ4n) is 2.94. The number of nitrogens with zero attached hydrogens (tertiary/aromatic N) is 2. The molecule has 0 aliphatic heterocycles. The number of hydrogen-bond donors (Lipinski definition) is 2. The molecule has 21 heavy (non-hydrogen) atoms. The van der Waals surface area contributed by atoms with E-state index in [1.165, 1.54) is 32.1 Å². The van der Waals surface area contributed by atoms with Gasteiger partial charge in [0.25, 0.3) is 0 Å². The van der Waals surface area contributed by atoms with Gasteiger partial charge in [-0.1, -0.05) is 19.8 Å². The van der Waals surface area contributed by atoms with Crippen molar-refractivity contribution in [2.45, 2.75) is 52.4 Å². The Morgan fingerprint density at radius 2 is 1.81 bits per heavy atom. The van der Waals surface area contributed by atoms with E-state index in [0.717, 1.165) is 38.6 Å². The average molecular weight is 410 g/mol. The molecule has 2 N–H and O–H groups in total. The van der Waals surface area contributed by atoms with E-state index in [1.54, 1.807) is 0 Å². The number of aliphatic imine (C=N–C) groups is 1. The third-order valence-corrected chi connectivity index (χ3v) is 4.41. The minimum absolute atomic E-state index is 0. The molecule has 4 nitrogen and oxygen atoms in total. The van der Waals surface area contributed by atoms with E-state index in [2.05, 4.69) is 43.5 Å². The molecule has 0 amide bonds. The molecule has 0 aromatic rings. The third-order valence-electron chi connectivity index (χ3n) is 4.41. The van der Waals surface area contributed by atoms with Gasteiger partial charge in [-0.15, -0.1) is 24.0 Å². The first-order valence-corrected chi connectivity index (χ1v) is 8.29. The Morgan fingerprint density at radius 3 is 2.33 bits per heavy atom. The van der Waals surface area contributed by atoms with E-state index in [-0.39, 0.29) is 24.0 Å². The molecule has 0 atom stereocenters. The summed E-state index contributed by atoms with van der Waals surface area (Å²) >= 11 is 0. The van der Waals surface area contributed by atoms with Crippen LogP contribution in [0.1, 0.15) is 52.4 Å². The first-order valence-electron chi connectivity index (χ1n) is 8.29. The Morgan fingerprint density at radius 1 is 1.14 bits per heavy atom. The third kappa shape index (κ3) is 8.24. The highest BCUT2D eigenvalue weighted by Gasteiger charge is 2.31. The number of rotatable bonds is 8. The molecule has 0 heterocycles. The van der Waals surface area contributed by atoms with E-state index in [9.17, 15) is 0 Å². The largest absolute Gasteiger partial charge is 0.357 e. The molecule has 0 saturated heterocycles. The van der Waals surface area contributed by atoms with Gasteiger partial charge in [0, 0.05) is 19.6 Å². The fraction of sp³-hybridized carbons (Fsp3) is 0.938. The van der Waals surface area contributed by atoms with Crippen LogP contribution in [-0.4, -0.2) is 51.1 Å². The van der Waals surface area contributed by atoms with E-state index in [0.29, 0.717) is 5.41 Å². The second-order valence-electron chi connectivity index (χ2n) is 6.34. The van der Waals surface area contributed by atoms with Crippen molar-refractivity contribution in [2.24, 2.45) is 10.4 Å². The molecule has 1 aliphatic rings. The Hall–Kier alpha value is -0.0400. The monoisotopic (exact) mass is 410 g/mol. The van der Waals surface area contributed by atoms with Crippen LogP contribution in [0.4, 0.5) is 0 Å². The summed E-state index contributed by atoms with van der Waals surface area (Å²) in [5, 5.41) is 6.81. The molecule has 1 saturated carbocycles. The van der Waals surface area contributed by atoms with E-state index >= 15 is 0 Å². The van der Waals surface area contributed by atoms with Gasteiger partial charge in [0.2, 0.25) is 0 Å². The second kappa shape index (κ2) is 11.5. The van der Waals surface area contributed by atoms with Gasteiger partial charge in [0.15, 0.2) is 5.96 Å². The summed E-state index contributed by atoms with van der Waals surface area (Å²) in [6, 6.07) is 0. The van der Waals surface area contributed by atoms with Gasteiger partial charge in [-0.3, -0.25) is 4.99 Å². The van der Waals surface area contributed by atoms with Crippen LogP contribution >= 0.6 is 24.0 Å². The van der Waals surface area contributed by atoms with E-state index < -0.39 is 0 Å². The molecule has 1 rings (SSSR count). The number of guanidine groups is 1. The maximum absolute atomic E-state index is 4.84. The van der Waals surface area contributed by atoms with Crippen molar-refractivity contribution >= 4 is 29.9 Å². The molecule has 0 aromatic carbocycles. The molecule has 126 valence electrons. The zero-order valence-electron chi connectivity index (χ0n) is 14.4. The van der Waals surface area contributed by atoms with Crippen LogP contribution in [0.5, 0.6) is 0 Å². The van der Waals surface area contributed by atoms with Crippen LogP contribution < -0.4 is 10.6 Å². The van der Waals surface area contributed by atoms with Crippen LogP contribution in [0.15, 0.2) is 4.99 Å². The summed E-state index contributed by atoms with van der Waals surface area (Å²) in [7, 11) is 4.23. The Labute approximate surface area is 148 Å². The van der Waals surface area contributed by atoms with Crippen molar-refractivity contribution in [3.63, 3.8) is 0 Å². The van der Waals surface area contributed by atoms with E-state index in [1.807, 2.05) is 0 Å². The second-order valence-corrected chi connectivity index (χ2v) is 6.34. The highest BCUT2D eigenvalue weighted by Crippen LogP contribution is 2.41. The lowest BCUT2D eigenvalue weighted by atomic mass is 9.84. The molecule has 1 fully saturated rings. The van der Waals surface area contributed by atoms with Crippen molar-refractivity contribution in [3.05, 3.63) is 0 Å². The Balaban J connectivity index is 0.00000400. The fourth-order valence-corrected chi connectivity index (χ4v) is 2.94. The molecular weight excluding hydrogens is 375 g/mol. The van der Waals surface area contributed by atoms with Crippen LogP contribution in [-0.2, 0) is 0 Å². The molecule has 0 aromatic heterocycles. The number of halogens is 1. The van der Waals surface area contributed by atoms with Crippen LogP contribution in [0.3, 0.4) is 0 Å². The first-order chi connectivity index (χ1) is 9.62. The molecule has 0 unspecified atom stereocenters. The predicted octanol–water partition coefficient (Wildman–Crippen LogP) is 3.08. The lowest BCUT2D eigenvalue weighted by molar-refractivity contribution is 0.297. The van der Waals surface area contributed by atoms with Gasteiger partial charge in [-0.05, 0) is 58.7 Å². The van der Waals surface area contributed by atoms with E-state index in [4.69, 9.17) is 4.99 Å². The quantitative estimate of drug-likeness (QED) is 0.280. The first kappa shape index (κ1) is 21.0. The number of nitrogens with one attached hydrogen (secondary N) is 2. The lowest BCUT2D eigenvalue weighted by Gasteiger charge is -2.25. The Bertz CT molecular complexity index is 286. The highest BCUT2D eigenvalue weighted by atomic mass is 127. The predicted molar refractivity (Wildman–Crippen MR) is 104 cm³/mol. The minimum Gasteiger partial charge on any atom is -0.357 e. The van der Waals surface area contributed by atoms with Gasteiger partial charge in [-0.2, -0.15) is 0 Å². The average Bonchev–Trinajstić information content (AvgIpc) is 2.90. The van der Waals surface area contributed by atoms with Gasteiger partial charge >= 0.3 is 0 Å². The van der Waals surface area contributed by atoms with Gasteiger partial charge in [-0.25, -0.2) is 0 Å². The topological polar surface area (TPSA) is 39.7 Å². The summed E-state index contributed by atoms with van der Waals surface area (Å²) in [6.07, 6.45) is 7.89. The van der Waals surface area contributed by atoms with Crippen molar-refractivity contribution in [3.8, 4) is 0 Å². The van der Waals surface area contributed by atoms with Crippen molar-refractivity contribution in [1.82, 2.24) is 15.5 Å². The molecule has 0 spiro atoms. The van der Waals surface area contributed by atoms with Gasteiger partial charge < -0.3 is 15.5 Å². The molecule has 0 radical (unpaired) electrons. The molecule has 5 heteroatoms. The van der Waals surface area contributed by atoms with Crippen molar-refractivity contribution in [1.29, 1.82) is 0 Å². The molecular formula is C16H35IN4. The van der Waals surface area contributed by atoms with Gasteiger partial charge in [0.1, 0.15) is 0 Å². The lowest BCUT2D eigenvalue weighted by Crippen LogP contribution is -2.39. The smallest absolute Gasteiger partial charge is 0.191 e. The summed E-state index contributed by atoms with van der Waals surface area (Å²) in [6.45, 7) is 8.46. The zero-order chi connectivity index (χ0) is 14.8.